The van der Waals surface area contributed by atoms with Gasteiger partial charge in [0.15, 0.2) is 11.0 Å². The Morgan fingerprint density at radius 3 is 2.55 bits per heavy atom. The maximum Gasteiger partial charge on any atom is 0.235 e. The van der Waals surface area contributed by atoms with Gasteiger partial charge in [-0.05, 0) is 36.8 Å². The summed E-state index contributed by atoms with van der Waals surface area (Å²) >= 11 is 3.24. The Bertz CT molecular complexity index is 1010. The van der Waals surface area contributed by atoms with Crippen LogP contribution in [-0.4, -0.2) is 61.9 Å². The molecule has 162 valence electrons. The van der Waals surface area contributed by atoms with Crippen molar-refractivity contribution in [3.8, 4) is 10.7 Å². The van der Waals surface area contributed by atoms with Gasteiger partial charge < -0.3 is 4.90 Å². The first-order valence-electron chi connectivity index (χ1n) is 10.9. The molecule has 3 aromatic rings. The van der Waals surface area contributed by atoms with Gasteiger partial charge in [-0.3, -0.25) is 14.3 Å². The highest BCUT2D eigenvalue weighted by atomic mass is 32.2. The lowest BCUT2D eigenvalue weighted by Crippen LogP contribution is -2.50. The number of aromatic nitrogens is 3. The summed E-state index contributed by atoms with van der Waals surface area (Å²) in [5.74, 6) is 1.14. The standard InChI is InChI=1S/C23H27N5OS2/c1-17(22(29)27-13-11-26(12-14-27)16-18-6-3-2-4-7-18)31-23-25-24-21(20-8-5-15-30-20)28(23)19-9-10-19/h2-8,15,17,19H,9-14,16H2,1H3/t17-/m0/s1. The Morgan fingerprint density at radius 1 is 1.10 bits per heavy atom. The molecule has 0 bridgehead atoms. The van der Waals surface area contributed by atoms with Crippen molar-refractivity contribution in [3.63, 3.8) is 0 Å². The van der Waals surface area contributed by atoms with E-state index in [0.717, 1.165) is 61.4 Å². The molecular weight excluding hydrogens is 426 g/mol. The topological polar surface area (TPSA) is 54.3 Å². The van der Waals surface area contributed by atoms with Crippen LogP contribution < -0.4 is 0 Å². The fourth-order valence-corrected chi connectivity index (χ4v) is 5.74. The number of hydrogen-bond acceptors (Lipinski definition) is 6. The molecule has 8 heteroatoms. The van der Waals surface area contributed by atoms with Crippen molar-refractivity contribution in [2.24, 2.45) is 0 Å². The molecule has 2 aliphatic rings. The number of carbonyl (C=O) groups excluding carboxylic acids is 1. The van der Waals surface area contributed by atoms with Crippen molar-refractivity contribution in [2.45, 2.75) is 42.8 Å². The van der Waals surface area contributed by atoms with Crippen molar-refractivity contribution in [1.29, 1.82) is 0 Å². The van der Waals surface area contributed by atoms with Crippen molar-refractivity contribution in [1.82, 2.24) is 24.6 Å². The first kappa shape index (κ1) is 20.7. The SMILES string of the molecule is C[C@H](Sc1nnc(-c2cccs2)n1C1CC1)C(=O)N1CCN(Cc2ccccc2)CC1. The van der Waals surface area contributed by atoms with Gasteiger partial charge in [0.2, 0.25) is 5.91 Å². The Morgan fingerprint density at radius 2 is 1.87 bits per heavy atom. The van der Waals surface area contributed by atoms with Crippen molar-refractivity contribution < 1.29 is 4.79 Å². The molecule has 1 atom stereocenters. The molecule has 1 amide bonds. The van der Waals surface area contributed by atoms with Crippen LogP contribution in [0.15, 0.2) is 53.0 Å². The van der Waals surface area contributed by atoms with Gasteiger partial charge in [-0.15, -0.1) is 21.5 Å². The van der Waals surface area contributed by atoms with Gasteiger partial charge in [0.05, 0.1) is 10.1 Å². The maximum absolute atomic E-state index is 13.1. The van der Waals surface area contributed by atoms with Crippen LogP contribution in [-0.2, 0) is 11.3 Å². The zero-order valence-corrected chi connectivity index (χ0v) is 19.3. The predicted molar refractivity (Wildman–Crippen MR) is 125 cm³/mol. The molecule has 1 aromatic carbocycles. The van der Waals surface area contributed by atoms with Crippen molar-refractivity contribution in [3.05, 3.63) is 53.4 Å². The number of thiophene rings is 1. The Hall–Kier alpha value is -2.16. The average molecular weight is 454 g/mol. The van der Waals surface area contributed by atoms with Crippen LogP contribution in [0.5, 0.6) is 0 Å². The minimum Gasteiger partial charge on any atom is -0.339 e. The van der Waals surface area contributed by atoms with E-state index in [1.165, 1.54) is 5.56 Å². The third-order valence-electron chi connectivity index (χ3n) is 5.88. The van der Waals surface area contributed by atoms with Gasteiger partial charge in [0.1, 0.15) is 0 Å². The van der Waals surface area contributed by atoms with E-state index in [1.807, 2.05) is 24.0 Å². The summed E-state index contributed by atoms with van der Waals surface area (Å²) in [5, 5.41) is 11.7. The average Bonchev–Trinajstić information content (AvgIpc) is 3.31. The van der Waals surface area contributed by atoms with Crippen molar-refractivity contribution in [2.75, 3.05) is 26.2 Å². The third kappa shape index (κ3) is 4.71. The number of thioether (sulfide) groups is 1. The second kappa shape index (κ2) is 9.14. The number of piperazine rings is 1. The van der Waals surface area contributed by atoms with E-state index in [1.54, 1.807) is 23.1 Å². The molecule has 31 heavy (non-hydrogen) atoms. The van der Waals surface area contributed by atoms with E-state index in [2.05, 4.69) is 55.4 Å². The third-order valence-corrected chi connectivity index (χ3v) is 7.79. The molecule has 0 N–H and O–H groups in total. The van der Waals surface area contributed by atoms with Gasteiger partial charge in [0.25, 0.3) is 0 Å². The molecule has 5 rings (SSSR count). The fourth-order valence-electron chi connectivity index (χ4n) is 4.03. The van der Waals surface area contributed by atoms with E-state index < -0.39 is 0 Å². The predicted octanol–water partition coefficient (Wildman–Crippen LogP) is 4.17. The smallest absolute Gasteiger partial charge is 0.235 e. The summed E-state index contributed by atoms with van der Waals surface area (Å²) in [6.45, 7) is 6.35. The minimum atomic E-state index is -0.168. The van der Waals surface area contributed by atoms with Crippen LogP contribution in [0.1, 0.15) is 31.4 Å². The highest BCUT2D eigenvalue weighted by Crippen LogP contribution is 2.42. The van der Waals surface area contributed by atoms with Crippen LogP contribution in [0.25, 0.3) is 10.7 Å². The molecule has 3 heterocycles. The maximum atomic E-state index is 13.1. The van der Waals surface area contributed by atoms with E-state index in [-0.39, 0.29) is 11.2 Å². The summed E-state index contributed by atoms with van der Waals surface area (Å²) in [4.78, 5) is 18.7. The lowest BCUT2D eigenvalue weighted by molar-refractivity contribution is -0.132. The van der Waals surface area contributed by atoms with Gasteiger partial charge in [-0.1, -0.05) is 48.2 Å². The number of carbonyl (C=O) groups is 1. The molecule has 1 aliphatic carbocycles. The summed E-state index contributed by atoms with van der Waals surface area (Å²) in [6, 6.07) is 15.1. The van der Waals surface area contributed by atoms with E-state index >= 15 is 0 Å². The first-order chi connectivity index (χ1) is 15.2. The highest BCUT2D eigenvalue weighted by molar-refractivity contribution is 8.00. The van der Waals surface area contributed by atoms with E-state index in [4.69, 9.17) is 0 Å². The van der Waals surface area contributed by atoms with Gasteiger partial charge in [-0.2, -0.15) is 0 Å². The fraction of sp³-hybridized carbons (Fsp3) is 0.435. The molecule has 1 saturated heterocycles. The lowest BCUT2D eigenvalue weighted by atomic mass is 10.2. The molecule has 2 fully saturated rings. The largest absolute Gasteiger partial charge is 0.339 e. The van der Waals surface area contributed by atoms with Crippen molar-refractivity contribution >= 4 is 29.0 Å². The molecule has 0 unspecified atom stereocenters. The first-order valence-corrected chi connectivity index (χ1v) is 12.7. The summed E-state index contributed by atoms with van der Waals surface area (Å²) in [7, 11) is 0. The molecular formula is C23H27N5OS2. The molecule has 1 aliphatic heterocycles. The number of hydrogen-bond donors (Lipinski definition) is 0. The quantitative estimate of drug-likeness (QED) is 0.503. The normalized spacial score (nSPS) is 18.3. The molecule has 1 saturated carbocycles. The Balaban J connectivity index is 1.20. The number of benzene rings is 1. The molecule has 2 aromatic heterocycles. The second-order valence-electron chi connectivity index (χ2n) is 8.23. The van der Waals surface area contributed by atoms with Crippen LogP contribution >= 0.6 is 23.1 Å². The molecule has 0 radical (unpaired) electrons. The van der Waals surface area contributed by atoms with Crippen LogP contribution in [0.4, 0.5) is 0 Å². The number of amides is 1. The summed E-state index contributed by atoms with van der Waals surface area (Å²) < 4.78 is 2.25. The zero-order valence-electron chi connectivity index (χ0n) is 17.7. The van der Waals surface area contributed by atoms with Gasteiger partial charge in [-0.25, -0.2) is 0 Å². The Labute approximate surface area is 191 Å². The van der Waals surface area contributed by atoms with Gasteiger partial charge >= 0.3 is 0 Å². The van der Waals surface area contributed by atoms with E-state index in [9.17, 15) is 4.79 Å². The van der Waals surface area contributed by atoms with Crippen LogP contribution in [0, 0.1) is 0 Å². The van der Waals surface area contributed by atoms with Gasteiger partial charge in [0, 0.05) is 38.8 Å². The van der Waals surface area contributed by atoms with Crippen LogP contribution in [0.2, 0.25) is 0 Å². The zero-order chi connectivity index (χ0) is 21.2. The molecule has 6 nitrogen and oxygen atoms in total. The minimum absolute atomic E-state index is 0.168. The summed E-state index contributed by atoms with van der Waals surface area (Å²) in [6.07, 6.45) is 2.32. The van der Waals surface area contributed by atoms with E-state index in [0.29, 0.717) is 6.04 Å². The number of rotatable bonds is 7. The highest BCUT2D eigenvalue weighted by Gasteiger charge is 2.33. The Kier molecular flexibility index (Phi) is 6.11. The monoisotopic (exact) mass is 453 g/mol. The number of nitrogens with zero attached hydrogens (tertiary/aromatic N) is 5. The van der Waals surface area contributed by atoms with Crippen LogP contribution in [0.3, 0.4) is 0 Å². The second-order valence-corrected chi connectivity index (χ2v) is 10.5. The lowest BCUT2D eigenvalue weighted by Gasteiger charge is -2.35. The molecule has 0 spiro atoms. The summed E-state index contributed by atoms with van der Waals surface area (Å²) in [5.41, 5.74) is 1.33.